The summed E-state index contributed by atoms with van der Waals surface area (Å²) in [6.45, 7) is 0. The number of nitriles is 1. The Morgan fingerprint density at radius 2 is 1.35 bits per heavy atom. The molecule has 5 nitrogen and oxygen atoms in total. The summed E-state index contributed by atoms with van der Waals surface area (Å²) < 4.78 is 21.9. The van der Waals surface area contributed by atoms with Crippen molar-refractivity contribution in [3.8, 4) is 6.07 Å². The average Bonchev–Trinajstić information content (AvgIpc) is 2.50. The number of hydrogen-bond acceptors (Lipinski definition) is 5. The lowest BCUT2D eigenvalue weighted by atomic mass is 9.72. The average molecular weight is 275 g/mol. The van der Waals surface area contributed by atoms with Crippen LogP contribution in [0.4, 0.5) is 0 Å². The first kappa shape index (κ1) is 14.7. The van der Waals surface area contributed by atoms with Crippen LogP contribution in [0.1, 0.15) is 5.56 Å². The summed E-state index contributed by atoms with van der Waals surface area (Å²) in [5.41, 5.74) is 1.80. The molecule has 0 fully saturated rings. The van der Waals surface area contributed by atoms with E-state index in [0.717, 1.165) is 5.56 Å². The Morgan fingerprint density at radius 3 is 1.75 bits per heavy atom. The number of benzene rings is 1. The summed E-state index contributed by atoms with van der Waals surface area (Å²) in [6, 6.07) is 11.6. The van der Waals surface area contributed by atoms with E-state index in [1.807, 2.05) is 30.3 Å². The smallest absolute Gasteiger partial charge is 0.266 e. The van der Waals surface area contributed by atoms with E-state index in [2.05, 4.69) is 6.07 Å². The molecule has 106 valence electrons. The van der Waals surface area contributed by atoms with Crippen LogP contribution < -0.4 is 0 Å². The number of hydrogen-bond donors (Lipinski definition) is 0. The van der Waals surface area contributed by atoms with Crippen molar-refractivity contribution in [3.05, 3.63) is 41.5 Å². The minimum absolute atomic E-state index is 0.345. The highest BCUT2D eigenvalue weighted by molar-refractivity contribution is 5.87. The molecular weight excluding hydrogens is 258 g/mol. The van der Waals surface area contributed by atoms with E-state index in [1.54, 1.807) is 0 Å². The highest BCUT2D eigenvalue weighted by Gasteiger charge is 2.70. The maximum Gasteiger partial charge on any atom is 0.266 e. The van der Waals surface area contributed by atoms with Crippen LogP contribution in [-0.2, 0) is 18.9 Å². The highest BCUT2D eigenvalue weighted by Crippen LogP contribution is 2.56. The van der Waals surface area contributed by atoms with Crippen molar-refractivity contribution in [1.29, 1.82) is 5.26 Å². The molecule has 0 aliphatic heterocycles. The van der Waals surface area contributed by atoms with E-state index in [0.29, 0.717) is 11.1 Å². The fourth-order valence-electron chi connectivity index (χ4n) is 2.78. The van der Waals surface area contributed by atoms with Gasteiger partial charge in [-0.05, 0) is 5.56 Å². The Kier molecular flexibility index (Phi) is 3.93. The molecule has 0 N–H and O–H groups in total. The minimum atomic E-state index is -1.36. The molecule has 20 heavy (non-hydrogen) atoms. The molecular formula is C15H17NO4. The molecule has 0 saturated carbocycles. The van der Waals surface area contributed by atoms with Gasteiger partial charge >= 0.3 is 0 Å². The van der Waals surface area contributed by atoms with Crippen molar-refractivity contribution >= 4 is 5.57 Å². The van der Waals surface area contributed by atoms with E-state index in [4.69, 9.17) is 18.9 Å². The summed E-state index contributed by atoms with van der Waals surface area (Å²) in [4.78, 5) is 0. The molecule has 0 unspecified atom stereocenters. The molecule has 0 atom stereocenters. The van der Waals surface area contributed by atoms with Gasteiger partial charge in [0.25, 0.3) is 11.6 Å². The predicted molar refractivity (Wildman–Crippen MR) is 72.5 cm³/mol. The molecule has 0 saturated heterocycles. The number of ether oxygens (including phenoxy) is 4. The van der Waals surface area contributed by atoms with Crippen molar-refractivity contribution < 1.29 is 18.9 Å². The fourth-order valence-corrected chi connectivity index (χ4v) is 2.78. The van der Waals surface area contributed by atoms with Crippen LogP contribution in [-0.4, -0.2) is 40.0 Å². The Morgan fingerprint density at radius 1 is 0.850 bits per heavy atom. The van der Waals surface area contributed by atoms with E-state index in [1.165, 1.54) is 28.4 Å². The number of methoxy groups -OCH3 is 4. The topological polar surface area (TPSA) is 60.7 Å². The lowest BCUT2D eigenvalue weighted by Crippen LogP contribution is -2.68. The summed E-state index contributed by atoms with van der Waals surface area (Å²) >= 11 is 0. The summed E-state index contributed by atoms with van der Waals surface area (Å²) in [5.74, 6) is -2.64. The second-order valence-corrected chi connectivity index (χ2v) is 4.28. The van der Waals surface area contributed by atoms with Crippen LogP contribution >= 0.6 is 0 Å². The first-order chi connectivity index (χ1) is 9.67. The monoisotopic (exact) mass is 275 g/mol. The standard InChI is InChI=1S/C15H17NO4/c1-17-14(18-2)12(10-16)13(15(14,19-3)20-4)11-8-6-5-7-9-11/h5-9H,1-4H3. The summed E-state index contributed by atoms with van der Waals surface area (Å²) in [6.07, 6.45) is 0. The van der Waals surface area contributed by atoms with Crippen molar-refractivity contribution in [1.82, 2.24) is 0 Å². The maximum atomic E-state index is 9.46. The molecule has 0 radical (unpaired) electrons. The molecule has 1 aromatic carbocycles. The molecule has 0 bridgehead atoms. The van der Waals surface area contributed by atoms with Gasteiger partial charge in [0, 0.05) is 34.0 Å². The van der Waals surface area contributed by atoms with Crippen molar-refractivity contribution in [2.45, 2.75) is 11.6 Å². The third-order valence-corrected chi connectivity index (χ3v) is 3.67. The van der Waals surface area contributed by atoms with Gasteiger partial charge in [-0.1, -0.05) is 30.3 Å². The number of rotatable bonds is 5. The third kappa shape index (κ3) is 1.57. The highest BCUT2D eigenvalue weighted by atomic mass is 16.8. The van der Waals surface area contributed by atoms with Crippen LogP contribution in [0, 0.1) is 11.3 Å². The van der Waals surface area contributed by atoms with Gasteiger partial charge in [-0.15, -0.1) is 0 Å². The largest absolute Gasteiger partial charge is 0.345 e. The molecule has 1 aliphatic rings. The summed E-state index contributed by atoms with van der Waals surface area (Å²) in [7, 11) is 5.89. The van der Waals surface area contributed by atoms with E-state index >= 15 is 0 Å². The third-order valence-electron chi connectivity index (χ3n) is 3.67. The second kappa shape index (κ2) is 5.35. The van der Waals surface area contributed by atoms with Gasteiger partial charge in [0.2, 0.25) is 0 Å². The Hall–Kier alpha value is -1.71. The van der Waals surface area contributed by atoms with Crippen LogP contribution in [0.3, 0.4) is 0 Å². The van der Waals surface area contributed by atoms with Gasteiger partial charge in [0.15, 0.2) is 0 Å². The predicted octanol–water partition coefficient (Wildman–Crippen LogP) is 1.96. The van der Waals surface area contributed by atoms with E-state index < -0.39 is 11.6 Å². The van der Waals surface area contributed by atoms with Gasteiger partial charge in [0.05, 0.1) is 0 Å². The first-order valence-electron chi connectivity index (χ1n) is 6.08. The van der Waals surface area contributed by atoms with Crippen molar-refractivity contribution in [2.75, 3.05) is 28.4 Å². The Labute approximate surface area is 118 Å². The molecule has 0 aromatic heterocycles. The van der Waals surface area contributed by atoms with Gasteiger partial charge in [-0.25, -0.2) is 0 Å². The van der Waals surface area contributed by atoms with Crippen molar-refractivity contribution in [3.63, 3.8) is 0 Å². The van der Waals surface area contributed by atoms with Crippen LogP contribution in [0.15, 0.2) is 35.9 Å². The maximum absolute atomic E-state index is 9.46. The normalized spacial score (nSPS) is 19.4. The van der Waals surface area contributed by atoms with Gasteiger partial charge in [-0.3, -0.25) is 0 Å². The first-order valence-corrected chi connectivity index (χ1v) is 6.08. The van der Waals surface area contributed by atoms with Crippen LogP contribution in [0.25, 0.3) is 5.57 Å². The summed E-state index contributed by atoms with van der Waals surface area (Å²) in [5, 5.41) is 9.46. The molecule has 5 heteroatoms. The lowest BCUT2D eigenvalue weighted by Gasteiger charge is -2.54. The molecule has 0 heterocycles. The fraction of sp³-hybridized carbons (Fsp3) is 0.400. The zero-order valence-electron chi connectivity index (χ0n) is 12.0. The Balaban J connectivity index is 2.72. The van der Waals surface area contributed by atoms with Gasteiger partial charge in [-0.2, -0.15) is 5.26 Å². The minimum Gasteiger partial charge on any atom is -0.345 e. The van der Waals surface area contributed by atoms with Crippen molar-refractivity contribution in [2.24, 2.45) is 0 Å². The van der Waals surface area contributed by atoms with Crippen LogP contribution in [0.2, 0.25) is 0 Å². The van der Waals surface area contributed by atoms with Gasteiger partial charge in [0.1, 0.15) is 11.6 Å². The lowest BCUT2D eigenvalue weighted by molar-refractivity contribution is -0.357. The zero-order valence-corrected chi connectivity index (χ0v) is 12.0. The molecule has 0 amide bonds. The van der Waals surface area contributed by atoms with Gasteiger partial charge < -0.3 is 18.9 Å². The molecule has 1 aromatic rings. The zero-order chi connectivity index (χ0) is 14.8. The molecule has 1 aliphatic carbocycles. The Bertz CT molecular complexity index is 551. The van der Waals surface area contributed by atoms with E-state index in [-0.39, 0.29) is 0 Å². The number of nitrogens with zero attached hydrogens (tertiary/aromatic N) is 1. The second-order valence-electron chi connectivity index (χ2n) is 4.28. The van der Waals surface area contributed by atoms with E-state index in [9.17, 15) is 5.26 Å². The molecule has 0 spiro atoms. The molecule has 2 rings (SSSR count). The quantitative estimate of drug-likeness (QED) is 0.769. The van der Waals surface area contributed by atoms with Crippen LogP contribution in [0.5, 0.6) is 0 Å². The SMILES string of the molecule is COC1(OC)C(C#N)=C(c2ccccc2)C1(OC)OC.